The SMILES string of the molecule is O=C(C1CCCN(C2CCN(C3Cc4ccccc4C3)CC2)C1)N1CCSCC1. The molecule has 5 rings (SSSR count). The summed E-state index contributed by atoms with van der Waals surface area (Å²) in [6.07, 6.45) is 7.29. The summed E-state index contributed by atoms with van der Waals surface area (Å²) in [6, 6.07) is 10.4. The third-order valence-electron chi connectivity index (χ3n) is 7.69. The number of piperidine rings is 2. The smallest absolute Gasteiger partial charge is 0.227 e. The molecular formula is C24H35N3OS. The number of carbonyl (C=O) groups excluding carboxylic acids is 1. The van der Waals surface area contributed by atoms with E-state index >= 15 is 0 Å². The zero-order valence-electron chi connectivity index (χ0n) is 17.6. The first-order chi connectivity index (χ1) is 14.3. The van der Waals surface area contributed by atoms with Gasteiger partial charge in [0.05, 0.1) is 5.92 Å². The van der Waals surface area contributed by atoms with Crippen molar-refractivity contribution in [2.75, 3.05) is 50.8 Å². The molecule has 29 heavy (non-hydrogen) atoms. The highest BCUT2D eigenvalue weighted by molar-refractivity contribution is 7.99. The van der Waals surface area contributed by atoms with Crippen LogP contribution in [-0.4, -0.2) is 83.5 Å². The first-order valence-corrected chi connectivity index (χ1v) is 12.8. The molecule has 0 radical (unpaired) electrons. The van der Waals surface area contributed by atoms with E-state index in [0.29, 0.717) is 18.0 Å². The molecule has 1 atom stereocenters. The maximum Gasteiger partial charge on any atom is 0.227 e. The lowest BCUT2D eigenvalue weighted by atomic mass is 9.92. The lowest BCUT2D eigenvalue weighted by Gasteiger charge is -2.44. The number of nitrogens with zero attached hydrogens (tertiary/aromatic N) is 3. The van der Waals surface area contributed by atoms with E-state index in [-0.39, 0.29) is 5.92 Å². The van der Waals surface area contributed by atoms with Crippen molar-refractivity contribution in [3.63, 3.8) is 0 Å². The summed E-state index contributed by atoms with van der Waals surface area (Å²) >= 11 is 1.98. The second-order valence-corrected chi connectivity index (χ2v) is 10.6. The molecule has 0 saturated carbocycles. The number of likely N-dealkylation sites (tertiary alicyclic amines) is 2. The van der Waals surface area contributed by atoms with Crippen LogP contribution in [0.25, 0.3) is 0 Å². The normalized spacial score (nSPS) is 27.9. The molecule has 5 heteroatoms. The van der Waals surface area contributed by atoms with Gasteiger partial charge in [0, 0.05) is 43.2 Å². The van der Waals surface area contributed by atoms with Crippen LogP contribution in [0.5, 0.6) is 0 Å². The molecule has 1 unspecified atom stereocenters. The van der Waals surface area contributed by atoms with Gasteiger partial charge in [-0.3, -0.25) is 14.6 Å². The Balaban J connectivity index is 1.12. The minimum Gasteiger partial charge on any atom is -0.341 e. The van der Waals surface area contributed by atoms with Crippen LogP contribution >= 0.6 is 11.8 Å². The van der Waals surface area contributed by atoms with Crippen LogP contribution in [0.1, 0.15) is 36.8 Å². The maximum absolute atomic E-state index is 13.0. The van der Waals surface area contributed by atoms with Gasteiger partial charge in [0.25, 0.3) is 0 Å². The van der Waals surface area contributed by atoms with Gasteiger partial charge in [0.1, 0.15) is 0 Å². The molecule has 1 aliphatic carbocycles. The Morgan fingerprint density at radius 1 is 0.828 bits per heavy atom. The number of fused-ring (bicyclic) bond motifs is 1. The Kier molecular flexibility index (Phi) is 6.17. The topological polar surface area (TPSA) is 26.8 Å². The Morgan fingerprint density at radius 3 is 2.21 bits per heavy atom. The van der Waals surface area contributed by atoms with Crippen molar-refractivity contribution < 1.29 is 4.79 Å². The van der Waals surface area contributed by atoms with E-state index in [2.05, 4.69) is 39.0 Å². The molecule has 0 aromatic heterocycles. The summed E-state index contributed by atoms with van der Waals surface area (Å²) in [7, 11) is 0. The summed E-state index contributed by atoms with van der Waals surface area (Å²) in [5.41, 5.74) is 3.13. The monoisotopic (exact) mass is 413 g/mol. The van der Waals surface area contributed by atoms with Crippen LogP contribution in [0.15, 0.2) is 24.3 Å². The lowest BCUT2D eigenvalue weighted by Crippen LogP contribution is -2.53. The van der Waals surface area contributed by atoms with Gasteiger partial charge in [-0.05, 0) is 69.3 Å². The molecule has 0 N–H and O–H groups in total. The first kappa shape index (κ1) is 19.9. The van der Waals surface area contributed by atoms with Crippen molar-refractivity contribution in [3.8, 4) is 0 Å². The average molecular weight is 414 g/mol. The quantitative estimate of drug-likeness (QED) is 0.761. The number of hydrogen-bond donors (Lipinski definition) is 0. The van der Waals surface area contributed by atoms with Crippen LogP contribution in [0.2, 0.25) is 0 Å². The molecule has 3 fully saturated rings. The van der Waals surface area contributed by atoms with Crippen LogP contribution in [0, 0.1) is 5.92 Å². The summed E-state index contributed by atoms with van der Waals surface area (Å²) in [4.78, 5) is 20.6. The van der Waals surface area contributed by atoms with E-state index in [1.54, 1.807) is 11.1 Å². The molecule has 3 aliphatic heterocycles. The Bertz CT molecular complexity index is 687. The first-order valence-electron chi connectivity index (χ1n) is 11.7. The maximum atomic E-state index is 13.0. The highest BCUT2D eigenvalue weighted by Gasteiger charge is 2.35. The number of benzene rings is 1. The van der Waals surface area contributed by atoms with Gasteiger partial charge in [-0.25, -0.2) is 0 Å². The molecule has 0 spiro atoms. The number of rotatable bonds is 3. The zero-order chi connectivity index (χ0) is 19.6. The molecule has 4 nitrogen and oxygen atoms in total. The fourth-order valence-electron chi connectivity index (χ4n) is 5.99. The van der Waals surface area contributed by atoms with E-state index in [4.69, 9.17) is 0 Å². The molecule has 1 aromatic carbocycles. The number of carbonyl (C=O) groups is 1. The fourth-order valence-corrected chi connectivity index (χ4v) is 6.89. The largest absolute Gasteiger partial charge is 0.341 e. The zero-order valence-corrected chi connectivity index (χ0v) is 18.4. The van der Waals surface area contributed by atoms with Crippen molar-refractivity contribution in [2.45, 2.75) is 50.6 Å². The minimum absolute atomic E-state index is 0.245. The molecule has 1 aromatic rings. The lowest BCUT2D eigenvalue weighted by molar-refractivity contribution is -0.137. The van der Waals surface area contributed by atoms with Crippen molar-refractivity contribution in [1.29, 1.82) is 0 Å². The van der Waals surface area contributed by atoms with E-state index in [0.717, 1.165) is 37.6 Å². The number of hydrogen-bond acceptors (Lipinski definition) is 4. The van der Waals surface area contributed by atoms with Gasteiger partial charge in [-0.1, -0.05) is 24.3 Å². The minimum atomic E-state index is 0.245. The number of amides is 1. The second-order valence-electron chi connectivity index (χ2n) is 9.37. The summed E-state index contributed by atoms with van der Waals surface area (Å²) in [5, 5.41) is 0. The van der Waals surface area contributed by atoms with Gasteiger partial charge in [-0.15, -0.1) is 0 Å². The third kappa shape index (κ3) is 4.38. The molecule has 0 bridgehead atoms. The molecule has 158 valence electrons. The summed E-state index contributed by atoms with van der Waals surface area (Å²) < 4.78 is 0. The Hall–Kier alpha value is -1.04. The van der Waals surface area contributed by atoms with Gasteiger partial charge >= 0.3 is 0 Å². The Labute approximate surface area is 180 Å². The van der Waals surface area contributed by atoms with Gasteiger partial charge in [-0.2, -0.15) is 11.8 Å². The predicted octanol–water partition coefficient (Wildman–Crippen LogP) is 2.91. The van der Waals surface area contributed by atoms with E-state index in [1.807, 2.05) is 11.8 Å². The second kappa shape index (κ2) is 8.99. The van der Waals surface area contributed by atoms with Gasteiger partial charge in [0.2, 0.25) is 5.91 Å². The van der Waals surface area contributed by atoms with Crippen LogP contribution < -0.4 is 0 Å². The van der Waals surface area contributed by atoms with E-state index in [9.17, 15) is 4.79 Å². The number of thioether (sulfide) groups is 1. The van der Waals surface area contributed by atoms with E-state index < -0.39 is 0 Å². The highest BCUT2D eigenvalue weighted by Crippen LogP contribution is 2.30. The molecule has 4 aliphatic rings. The molecule has 3 saturated heterocycles. The van der Waals surface area contributed by atoms with Gasteiger partial charge < -0.3 is 4.90 Å². The van der Waals surface area contributed by atoms with Crippen LogP contribution in [0.3, 0.4) is 0 Å². The molecular weight excluding hydrogens is 378 g/mol. The fraction of sp³-hybridized carbons (Fsp3) is 0.708. The van der Waals surface area contributed by atoms with Crippen molar-refractivity contribution in [3.05, 3.63) is 35.4 Å². The van der Waals surface area contributed by atoms with E-state index in [1.165, 1.54) is 51.7 Å². The van der Waals surface area contributed by atoms with Crippen molar-refractivity contribution in [2.24, 2.45) is 5.92 Å². The average Bonchev–Trinajstić information content (AvgIpc) is 3.24. The molecule has 1 amide bonds. The van der Waals surface area contributed by atoms with Crippen molar-refractivity contribution >= 4 is 17.7 Å². The van der Waals surface area contributed by atoms with Crippen LogP contribution in [0.4, 0.5) is 0 Å². The summed E-state index contributed by atoms with van der Waals surface area (Å²) in [6.45, 7) is 6.56. The predicted molar refractivity (Wildman–Crippen MR) is 120 cm³/mol. The highest BCUT2D eigenvalue weighted by atomic mass is 32.2. The summed E-state index contributed by atoms with van der Waals surface area (Å²) in [5.74, 6) is 2.92. The Morgan fingerprint density at radius 2 is 1.52 bits per heavy atom. The van der Waals surface area contributed by atoms with Crippen LogP contribution in [-0.2, 0) is 17.6 Å². The third-order valence-corrected chi connectivity index (χ3v) is 8.63. The van der Waals surface area contributed by atoms with Crippen molar-refractivity contribution in [1.82, 2.24) is 14.7 Å². The molecule has 3 heterocycles. The standard InChI is InChI=1S/C24H35N3OS/c28-24(26-12-14-29-15-13-26)21-6-3-9-27(18-21)22-7-10-25(11-8-22)23-16-19-4-1-2-5-20(19)17-23/h1-2,4-5,21-23H,3,6-18H2. The van der Waals surface area contributed by atoms with Gasteiger partial charge in [0.15, 0.2) is 0 Å².